The van der Waals surface area contributed by atoms with Gasteiger partial charge in [-0.1, -0.05) is 38.8 Å². The van der Waals surface area contributed by atoms with Crippen LogP contribution in [0.1, 0.15) is 63.9 Å². The number of hydrogen-bond acceptors (Lipinski definition) is 3. The number of nitrogens with zero attached hydrogens (tertiary/aromatic N) is 1. The van der Waals surface area contributed by atoms with Crippen LogP contribution in [0.25, 0.3) is 0 Å². The zero-order chi connectivity index (χ0) is 18.3. The number of piperidine rings is 1. The third-order valence-electron chi connectivity index (χ3n) is 5.49. The maximum atomic E-state index is 11.4. The van der Waals surface area contributed by atoms with Crippen molar-refractivity contribution in [3.05, 3.63) is 29.8 Å². The molecule has 1 N–H and O–H groups in total. The predicted molar refractivity (Wildman–Crippen MR) is 107 cm³/mol. The molecule has 1 aromatic rings. The standard InChI is InChI=1S/C20H34N2O2S/c1-4-17(5-2)8-7-13-22-14-11-18(12-15-22)19-9-6-10-20(16-19)21-25(3,23)24/h6,9-10,16-18,21H,4-5,7-8,11-15H2,1-3H3. The molecule has 1 aliphatic rings. The Kier molecular flexibility index (Phi) is 7.76. The molecule has 25 heavy (non-hydrogen) atoms. The number of sulfonamides is 1. The van der Waals surface area contributed by atoms with E-state index in [2.05, 4.69) is 29.5 Å². The maximum Gasteiger partial charge on any atom is 0.229 e. The van der Waals surface area contributed by atoms with E-state index in [9.17, 15) is 8.42 Å². The monoisotopic (exact) mass is 366 g/mol. The number of hydrogen-bond donors (Lipinski definition) is 1. The van der Waals surface area contributed by atoms with E-state index in [4.69, 9.17) is 0 Å². The second kappa shape index (κ2) is 9.58. The second-order valence-corrected chi connectivity index (χ2v) is 9.19. The van der Waals surface area contributed by atoms with E-state index >= 15 is 0 Å². The molecular weight excluding hydrogens is 332 g/mol. The van der Waals surface area contributed by atoms with E-state index < -0.39 is 10.0 Å². The van der Waals surface area contributed by atoms with Gasteiger partial charge < -0.3 is 4.90 Å². The smallest absolute Gasteiger partial charge is 0.229 e. The van der Waals surface area contributed by atoms with Gasteiger partial charge in [0.1, 0.15) is 0 Å². The summed E-state index contributed by atoms with van der Waals surface area (Å²) in [5.41, 5.74) is 1.93. The van der Waals surface area contributed by atoms with Crippen LogP contribution < -0.4 is 4.72 Å². The maximum absolute atomic E-state index is 11.4. The quantitative estimate of drug-likeness (QED) is 0.702. The van der Waals surface area contributed by atoms with Gasteiger partial charge in [-0.2, -0.15) is 0 Å². The molecule has 5 heteroatoms. The van der Waals surface area contributed by atoms with Gasteiger partial charge in [0.25, 0.3) is 0 Å². The Morgan fingerprint density at radius 3 is 2.48 bits per heavy atom. The molecule has 142 valence electrons. The van der Waals surface area contributed by atoms with Crippen LogP contribution in [0.3, 0.4) is 0 Å². The molecule has 0 aliphatic carbocycles. The van der Waals surface area contributed by atoms with E-state index in [-0.39, 0.29) is 0 Å². The molecular formula is C20H34N2O2S. The summed E-state index contributed by atoms with van der Waals surface area (Å²) in [6.07, 6.45) is 8.78. The summed E-state index contributed by atoms with van der Waals surface area (Å²) >= 11 is 0. The summed E-state index contributed by atoms with van der Waals surface area (Å²) in [6.45, 7) is 8.12. The largest absolute Gasteiger partial charge is 0.303 e. The predicted octanol–water partition coefficient (Wildman–Crippen LogP) is 4.45. The molecule has 0 bridgehead atoms. The molecule has 0 unspecified atom stereocenters. The van der Waals surface area contributed by atoms with Crippen molar-refractivity contribution >= 4 is 15.7 Å². The van der Waals surface area contributed by atoms with Crippen LogP contribution in [0.2, 0.25) is 0 Å². The third-order valence-corrected chi connectivity index (χ3v) is 6.10. The highest BCUT2D eigenvalue weighted by molar-refractivity contribution is 7.92. The highest BCUT2D eigenvalue weighted by atomic mass is 32.2. The Morgan fingerprint density at radius 1 is 1.20 bits per heavy atom. The molecule has 0 aromatic heterocycles. The first-order valence-corrected chi connectivity index (χ1v) is 11.6. The summed E-state index contributed by atoms with van der Waals surface area (Å²) in [6, 6.07) is 7.89. The molecule has 0 spiro atoms. The summed E-state index contributed by atoms with van der Waals surface area (Å²) in [5, 5.41) is 0. The molecule has 1 aromatic carbocycles. The summed E-state index contributed by atoms with van der Waals surface area (Å²) < 4.78 is 25.4. The van der Waals surface area contributed by atoms with Crippen molar-refractivity contribution in [3.8, 4) is 0 Å². The first-order valence-electron chi connectivity index (χ1n) is 9.71. The van der Waals surface area contributed by atoms with Gasteiger partial charge >= 0.3 is 0 Å². The van der Waals surface area contributed by atoms with Gasteiger partial charge in [0.15, 0.2) is 0 Å². The highest BCUT2D eigenvalue weighted by Crippen LogP contribution is 2.30. The molecule has 1 saturated heterocycles. The molecule has 0 amide bonds. The minimum Gasteiger partial charge on any atom is -0.303 e. The number of benzene rings is 1. The first kappa shape index (κ1) is 20.2. The van der Waals surface area contributed by atoms with E-state index in [1.54, 1.807) is 0 Å². The van der Waals surface area contributed by atoms with Crippen molar-refractivity contribution < 1.29 is 8.42 Å². The highest BCUT2D eigenvalue weighted by Gasteiger charge is 2.21. The van der Waals surface area contributed by atoms with E-state index in [1.165, 1.54) is 44.0 Å². The van der Waals surface area contributed by atoms with Gasteiger partial charge in [0.2, 0.25) is 10.0 Å². The van der Waals surface area contributed by atoms with Crippen LogP contribution in [0, 0.1) is 5.92 Å². The zero-order valence-corrected chi connectivity index (χ0v) is 16.8. The van der Waals surface area contributed by atoms with E-state index in [1.807, 2.05) is 18.2 Å². The van der Waals surface area contributed by atoms with Gasteiger partial charge in [0, 0.05) is 5.69 Å². The number of likely N-dealkylation sites (tertiary alicyclic amines) is 1. The third kappa shape index (κ3) is 6.98. The topological polar surface area (TPSA) is 49.4 Å². The van der Waals surface area contributed by atoms with Gasteiger partial charge in [-0.05, 0) is 74.8 Å². The van der Waals surface area contributed by atoms with Crippen LogP contribution in [-0.2, 0) is 10.0 Å². The van der Waals surface area contributed by atoms with Crippen molar-refractivity contribution in [2.75, 3.05) is 30.6 Å². The second-order valence-electron chi connectivity index (χ2n) is 7.44. The molecule has 1 fully saturated rings. The van der Waals surface area contributed by atoms with Crippen molar-refractivity contribution in [3.63, 3.8) is 0 Å². The fourth-order valence-corrected chi connectivity index (χ4v) is 4.42. The van der Waals surface area contributed by atoms with Gasteiger partial charge in [-0.3, -0.25) is 4.72 Å². The molecule has 1 heterocycles. The van der Waals surface area contributed by atoms with Crippen LogP contribution >= 0.6 is 0 Å². The Balaban J connectivity index is 1.81. The minimum atomic E-state index is -3.21. The lowest BCUT2D eigenvalue weighted by Crippen LogP contribution is -2.33. The number of nitrogens with one attached hydrogen (secondary N) is 1. The Bertz CT molecular complexity index is 618. The normalized spacial score (nSPS) is 17.1. The van der Waals surface area contributed by atoms with Crippen molar-refractivity contribution in [1.82, 2.24) is 4.90 Å². The van der Waals surface area contributed by atoms with Crippen LogP contribution in [0.4, 0.5) is 5.69 Å². The lowest BCUT2D eigenvalue weighted by atomic mass is 9.89. The van der Waals surface area contributed by atoms with Crippen molar-refractivity contribution in [1.29, 1.82) is 0 Å². The van der Waals surface area contributed by atoms with E-state index in [0.717, 1.165) is 31.8 Å². The van der Waals surface area contributed by atoms with Gasteiger partial charge in [-0.25, -0.2) is 8.42 Å². The van der Waals surface area contributed by atoms with Crippen LogP contribution in [0.5, 0.6) is 0 Å². The summed E-state index contributed by atoms with van der Waals surface area (Å²) in [5.74, 6) is 1.43. The first-order chi connectivity index (χ1) is 11.9. The lowest BCUT2D eigenvalue weighted by molar-refractivity contribution is 0.204. The van der Waals surface area contributed by atoms with Crippen molar-refractivity contribution in [2.45, 2.75) is 58.3 Å². The molecule has 0 saturated carbocycles. The molecule has 1 aliphatic heterocycles. The Morgan fingerprint density at radius 2 is 1.88 bits per heavy atom. The average molecular weight is 367 g/mol. The molecule has 4 nitrogen and oxygen atoms in total. The SMILES string of the molecule is CCC(CC)CCCN1CCC(c2cccc(NS(C)(=O)=O)c2)CC1. The zero-order valence-electron chi connectivity index (χ0n) is 16.0. The molecule has 2 rings (SSSR count). The average Bonchev–Trinajstić information content (AvgIpc) is 2.58. The number of rotatable bonds is 9. The Hall–Kier alpha value is -1.07. The number of anilines is 1. The van der Waals surface area contributed by atoms with Gasteiger partial charge in [0.05, 0.1) is 6.26 Å². The van der Waals surface area contributed by atoms with Crippen LogP contribution in [0.15, 0.2) is 24.3 Å². The van der Waals surface area contributed by atoms with E-state index in [0.29, 0.717) is 11.6 Å². The molecule has 0 radical (unpaired) electrons. The van der Waals surface area contributed by atoms with Crippen molar-refractivity contribution in [2.24, 2.45) is 5.92 Å². The van der Waals surface area contributed by atoms with Crippen LogP contribution in [-0.4, -0.2) is 39.2 Å². The summed E-state index contributed by atoms with van der Waals surface area (Å²) in [7, 11) is -3.21. The van der Waals surface area contributed by atoms with Gasteiger partial charge in [-0.15, -0.1) is 0 Å². The molecule has 0 atom stereocenters. The fourth-order valence-electron chi connectivity index (χ4n) is 3.86. The minimum absolute atomic E-state index is 0.539. The lowest BCUT2D eigenvalue weighted by Gasteiger charge is -2.32. The summed E-state index contributed by atoms with van der Waals surface area (Å²) in [4.78, 5) is 2.59. The fraction of sp³-hybridized carbons (Fsp3) is 0.700. The Labute approximate surface area is 154 Å².